The van der Waals surface area contributed by atoms with Crippen LogP contribution >= 0.6 is 11.6 Å². The van der Waals surface area contributed by atoms with E-state index >= 15 is 0 Å². The molecule has 2 heterocycles. The van der Waals surface area contributed by atoms with Crippen molar-refractivity contribution in [2.24, 2.45) is 13.0 Å². The summed E-state index contributed by atoms with van der Waals surface area (Å²) in [5.41, 5.74) is 4.43. The molecule has 0 aliphatic heterocycles. The number of hydrogen-bond acceptors (Lipinski definition) is 5. The van der Waals surface area contributed by atoms with Gasteiger partial charge in [0.15, 0.2) is 0 Å². The van der Waals surface area contributed by atoms with E-state index in [4.69, 9.17) is 11.6 Å². The maximum atomic E-state index is 12.8. The maximum absolute atomic E-state index is 12.8. The molecule has 9 heteroatoms. The van der Waals surface area contributed by atoms with Gasteiger partial charge in [-0.2, -0.15) is 10.3 Å². The zero-order valence-electron chi connectivity index (χ0n) is 16.1. The Labute approximate surface area is 177 Å². The molecule has 30 heavy (non-hydrogen) atoms. The second-order valence-electron chi connectivity index (χ2n) is 7.39. The van der Waals surface area contributed by atoms with Gasteiger partial charge < -0.3 is 5.32 Å². The molecule has 0 radical (unpaired) electrons. The van der Waals surface area contributed by atoms with Gasteiger partial charge in [0.1, 0.15) is 0 Å². The Balaban J connectivity index is 1.38. The third-order valence-corrected chi connectivity index (χ3v) is 5.57. The van der Waals surface area contributed by atoms with E-state index in [1.165, 1.54) is 0 Å². The molecule has 2 N–H and O–H groups in total. The van der Waals surface area contributed by atoms with Crippen LogP contribution in [0.5, 0.6) is 0 Å². The van der Waals surface area contributed by atoms with Gasteiger partial charge in [-0.1, -0.05) is 29.8 Å². The van der Waals surface area contributed by atoms with E-state index in [1.54, 1.807) is 10.9 Å². The van der Waals surface area contributed by atoms with Crippen LogP contribution in [0.1, 0.15) is 17.9 Å². The van der Waals surface area contributed by atoms with Crippen molar-refractivity contribution >= 4 is 23.2 Å². The molecule has 8 nitrogen and oxygen atoms in total. The standard InChI is InChI=1S/C21H18ClN7O/c1-29-11-13(10-23-29)16-7-6-15(8-18(16)20-25-27-28-26-20)24-21(30)19-9-17(19)12-2-4-14(22)5-3-12/h2-8,10-11,17,19H,9H2,1H3,(H,24,30)(H,25,26,27,28)/t17-,19+/m0/s1. The molecule has 4 aromatic rings. The van der Waals surface area contributed by atoms with Gasteiger partial charge in [-0.05, 0) is 52.9 Å². The number of tetrazole rings is 1. The van der Waals surface area contributed by atoms with Crippen molar-refractivity contribution in [3.05, 3.63) is 65.4 Å². The van der Waals surface area contributed by atoms with Crippen molar-refractivity contribution in [3.8, 4) is 22.5 Å². The lowest BCUT2D eigenvalue weighted by Gasteiger charge is -2.10. The van der Waals surface area contributed by atoms with Crippen LogP contribution in [0.15, 0.2) is 54.9 Å². The number of H-pyrrole nitrogens is 1. The lowest BCUT2D eigenvalue weighted by atomic mass is 10.0. The largest absolute Gasteiger partial charge is 0.326 e. The summed E-state index contributed by atoms with van der Waals surface area (Å²) in [4.78, 5) is 12.8. The van der Waals surface area contributed by atoms with Crippen LogP contribution in [-0.2, 0) is 11.8 Å². The zero-order valence-corrected chi connectivity index (χ0v) is 16.8. The smallest absolute Gasteiger partial charge is 0.228 e. The van der Waals surface area contributed by atoms with Crippen LogP contribution in [0.3, 0.4) is 0 Å². The number of nitrogens with one attached hydrogen (secondary N) is 2. The normalized spacial score (nSPS) is 17.7. The third kappa shape index (κ3) is 3.57. The highest BCUT2D eigenvalue weighted by Crippen LogP contribution is 2.48. The monoisotopic (exact) mass is 419 g/mol. The Hall–Kier alpha value is -3.52. The molecule has 150 valence electrons. The molecule has 0 saturated heterocycles. The highest BCUT2D eigenvalue weighted by Gasteiger charge is 2.43. The number of aromatic nitrogens is 6. The van der Waals surface area contributed by atoms with Gasteiger partial charge in [-0.15, -0.1) is 10.2 Å². The van der Waals surface area contributed by atoms with Crippen LogP contribution in [0.2, 0.25) is 5.02 Å². The Bertz CT molecular complexity index is 1200. The number of hydrogen-bond donors (Lipinski definition) is 2. The summed E-state index contributed by atoms with van der Waals surface area (Å²) in [7, 11) is 1.86. The number of aryl methyl sites for hydroxylation is 1. The fourth-order valence-electron chi connectivity index (χ4n) is 3.69. The van der Waals surface area contributed by atoms with E-state index in [2.05, 4.69) is 31.0 Å². The average Bonchev–Trinajstić information content (AvgIpc) is 3.14. The summed E-state index contributed by atoms with van der Waals surface area (Å²) in [6, 6.07) is 13.4. The van der Waals surface area contributed by atoms with Crippen molar-refractivity contribution in [1.82, 2.24) is 30.4 Å². The van der Waals surface area contributed by atoms with E-state index in [-0.39, 0.29) is 17.7 Å². The highest BCUT2D eigenvalue weighted by molar-refractivity contribution is 6.30. The number of nitrogens with zero attached hydrogens (tertiary/aromatic N) is 5. The predicted molar refractivity (Wildman–Crippen MR) is 113 cm³/mol. The van der Waals surface area contributed by atoms with E-state index in [9.17, 15) is 4.79 Å². The van der Waals surface area contributed by atoms with Gasteiger partial charge in [-0.25, -0.2) is 0 Å². The fourth-order valence-corrected chi connectivity index (χ4v) is 3.82. The Morgan fingerprint density at radius 2 is 2.03 bits per heavy atom. The van der Waals surface area contributed by atoms with Gasteiger partial charge >= 0.3 is 0 Å². The minimum atomic E-state index is -0.0437. The van der Waals surface area contributed by atoms with E-state index in [0.717, 1.165) is 28.7 Å². The molecule has 0 unspecified atom stereocenters. The van der Waals surface area contributed by atoms with Crippen molar-refractivity contribution < 1.29 is 4.79 Å². The van der Waals surface area contributed by atoms with Gasteiger partial charge in [0.05, 0.1) is 6.20 Å². The van der Waals surface area contributed by atoms with Crippen molar-refractivity contribution in [2.45, 2.75) is 12.3 Å². The van der Waals surface area contributed by atoms with Gasteiger partial charge in [0.2, 0.25) is 11.7 Å². The second kappa shape index (κ2) is 7.38. The summed E-state index contributed by atoms with van der Waals surface area (Å²) in [5, 5.41) is 22.3. The van der Waals surface area contributed by atoms with Crippen LogP contribution in [0.25, 0.3) is 22.5 Å². The topological polar surface area (TPSA) is 101 Å². The molecular formula is C21H18ClN7O. The van der Waals surface area contributed by atoms with Crippen LogP contribution < -0.4 is 5.32 Å². The Morgan fingerprint density at radius 1 is 1.20 bits per heavy atom. The van der Waals surface area contributed by atoms with Gasteiger partial charge in [0, 0.05) is 41.0 Å². The lowest BCUT2D eigenvalue weighted by molar-refractivity contribution is -0.117. The fraction of sp³-hybridized carbons (Fsp3) is 0.190. The molecule has 5 rings (SSSR count). The summed E-state index contributed by atoms with van der Waals surface area (Å²) in [6.07, 6.45) is 4.52. The van der Waals surface area contributed by atoms with E-state index < -0.39 is 0 Å². The van der Waals surface area contributed by atoms with Gasteiger partial charge in [0.25, 0.3) is 0 Å². The molecule has 0 spiro atoms. The average molecular weight is 420 g/mol. The first kappa shape index (κ1) is 18.5. The number of benzene rings is 2. The minimum Gasteiger partial charge on any atom is -0.326 e. The first-order valence-corrected chi connectivity index (χ1v) is 9.89. The number of carbonyl (C=O) groups is 1. The van der Waals surface area contributed by atoms with Gasteiger partial charge in [-0.3, -0.25) is 9.48 Å². The number of rotatable bonds is 5. The number of anilines is 1. The maximum Gasteiger partial charge on any atom is 0.228 e. The van der Waals surface area contributed by atoms with Crippen molar-refractivity contribution in [1.29, 1.82) is 0 Å². The number of amides is 1. The number of aromatic amines is 1. The molecule has 1 amide bonds. The molecular weight excluding hydrogens is 402 g/mol. The molecule has 1 aliphatic carbocycles. The van der Waals surface area contributed by atoms with Crippen molar-refractivity contribution in [2.75, 3.05) is 5.32 Å². The van der Waals surface area contributed by atoms with E-state index in [0.29, 0.717) is 16.5 Å². The molecule has 0 bridgehead atoms. The molecule has 2 aromatic carbocycles. The summed E-state index contributed by atoms with van der Waals surface area (Å²) < 4.78 is 1.73. The number of halogens is 1. The zero-order chi connectivity index (χ0) is 20.7. The molecule has 2 aromatic heterocycles. The first-order chi connectivity index (χ1) is 14.6. The van der Waals surface area contributed by atoms with Crippen molar-refractivity contribution in [3.63, 3.8) is 0 Å². The predicted octanol–water partition coefficient (Wildman–Crippen LogP) is 3.66. The van der Waals surface area contributed by atoms with Crippen LogP contribution in [-0.4, -0.2) is 36.3 Å². The molecule has 1 aliphatic rings. The second-order valence-corrected chi connectivity index (χ2v) is 7.82. The van der Waals surface area contributed by atoms with E-state index in [1.807, 2.05) is 55.7 Å². The number of carbonyl (C=O) groups excluding carboxylic acids is 1. The Kier molecular flexibility index (Phi) is 4.55. The highest BCUT2D eigenvalue weighted by atomic mass is 35.5. The SMILES string of the molecule is Cn1cc(-c2ccc(NC(=O)[C@@H]3C[C@H]3c3ccc(Cl)cc3)cc2-c2nn[nH]n2)cn1. The lowest BCUT2D eigenvalue weighted by Crippen LogP contribution is -2.14. The first-order valence-electron chi connectivity index (χ1n) is 9.52. The van der Waals surface area contributed by atoms with Crippen LogP contribution in [0.4, 0.5) is 5.69 Å². The van der Waals surface area contributed by atoms with Crippen LogP contribution in [0, 0.1) is 5.92 Å². The molecule has 2 atom stereocenters. The molecule has 1 saturated carbocycles. The summed E-state index contributed by atoms with van der Waals surface area (Å²) >= 11 is 5.96. The summed E-state index contributed by atoms with van der Waals surface area (Å²) in [6.45, 7) is 0. The third-order valence-electron chi connectivity index (χ3n) is 5.31. The molecule has 1 fully saturated rings. The summed E-state index contributed by atoms with van der Waals surface area (Å²) in [5.74, 6) is 0.643. The quantitative estimate of drug-likeness (QED) is 0.514. The minimum absolute atomic E-state index is 0.00291. The Morgan fingerprint density at radius 3 is 2.73 bits per heavy atom.